The summed E-state index contributed by atoms with van der Waals surface area (Å²) in [5, 5.41) is 0. The van der Waals surface area contributed by atoms with E-state index in [2.05, 4.69) is 37.0 Å². The molecule has 2 aliphatic rings. The van der Waals surface area contributed by atoms with Gasteiger partial charge in [0.05, 0.1) is 19.3 Å². The molecule has 0 bridgehead atoms. The van der Waals surface area contributed by atoms with Crippen molar-refractivity contribution in [2.45, 2.75) is 39.2 Å². The van der Waals surface area contributed by atoms with Crippen LogP contribution in [0.3, 0.4) is 0 Å². The molecular weight excluding hydrogens is 264 g/mol. The largest absolute Gasteiger partial charge is 0.378 e. The van der Waals surface area contributed by atoms with Crippen molar-refractivity contribution >= 4 is 5.78 Å². The SMILES string of the molecule is CCC(C)C(N)C(=O)CC1C=CC(N2CCOCC2)=CC1. The van der Waals surface area contributed by atoms with Crippen LogP contribution in [-0.4, -0.2) is 43.0 Å². The summed E-state index contributed by atoms with van der Waals surface area (Å²) in [6.07, 6.45) is 9.02. The number of carbonyl (C=O) groups excluding carboxylic acids is 1. The summed E-state index contributed by atoms with van der Waals surface area (Å²) in [6.45, 7) is 7.65. The van der Waals surface area contributed by atoms with Gasteiger partial charge in [0.25, 0.3) is 0 Å². The van der Waals surface area contributed by atoms with Crippen molar-refractivity contribution in [3.05, 3.63) is 23.9 Å². The van der Waals surface area contributed by atoms with Gasteiger partial charge in [0.2, 0.25) is 0 Å². The molecule has 2 N–H and O–H groups in total. The normalized spacial score (nSPS) is 25.4. The zero-order valence-corrected chi connectivity index (χ0v) is 13.3. The van der Waals surface area contributed by atoms with E-state index >= 15 is 0 Å². The average Bonchev–Trinajstić information content (AvgIpc) is 2.54. The zero-order chi connectivity index (χ0) is 15.2. The summed E-state index contributed by atoms with van der Waals surface area (Å²) in [7, 11) is 0. The van der Waals surface area contributed by atoms with Gasteiger partial charge in [0, 0.05) is 25.2 Å². The van der Waals surface area contributed by atoms with E-state index in [4.69, 9.17) is 10.5 Å². The molecule has 3 atom stereocenters. The number of nitrogens with zero attached hydrogens (tertiary/aromatic N) is 1. The maximum atomic E-state index is 12.2. The minimum absolute atomic E-state index is 0.197. The molecule has 21 heavy (non-hydrogen) atoms. The van der Waals surface area contributed by atoms with Crippen molar-refractivity contribution in [3.8, 4) is 0 Å². The molecule has 1 fully saturated rings. The van der Waals surface area contributed by atoms with E-state index in [1.165, 1.54) is 5.70 Å². The van der Waals surface area contributed by atoms with Gasteiger partial charge in [-0.1, -0.05) is 32.4 Å². The van der Waals surface area contributed by atoms with Gasteiger partial charge in [-0.05, 0) is 24.3 Å². The Hall–Kier alpha value is -1.13. The first kappa shape index (κ1) is 16.2. The molecular formula is C17H28N2O2. The lowest BCUT2D eigenvalue weighted by Crippen LogP contribution is -2.38. The van der Waals surface area contributed by atoms with Gasteiger partial charge in [0.1, 0.15) is 5.78 Å². The first-order chi connectivity index (χ1) is 10.1. The predicted molar refractivity (Wildman–Crippen MR) is 84.8 cm³/mol. The number of ketones is 1. The predicted octanol–water partition coefficient (Wildman–Crippen LogP) is 2.11. The number of Topliss-reactive ketones (excluding diaryl/α,β-unsaturated/α-hetero) is 1. The molecule has 0 amide bonds. The number of nitrogens with two attached hydrogens (primary N) is 1. The molecule has 0 radical (unpaired) electrons. The fraction of sp³-hybridized carbons (Fsp3) is 0.706. The van der Waals surface area contributed by atoms with Crippen LogP contribution in [0.1, 0.15) is 33.1 Å². The average molecular weight is 292 g/mol. The second-order valence-corrected chi connectivity index (χ2v) is 6.17. The Morgan fingerprint density at radius 3 is 2.76 bits per heavy atom. The van der Waals surface area contributed by atoms with Gasteiger partial charge >= 0.3 is 0 Å². The van der Waals surface area contributed by atoms with Gasteiger partial charge in [-0.25, -0.2) is 0 Å². The molecule has 2 rings (SSSR count). The molecule has 4 heteroatoms. The third kappa shape index (κ3) is 4.42. The summed E-state index contributed by atoms with van der Waals surface area (Å²) >= 11 is 0. The molecule has 0 aromatic rings. The van der Waals surface area contributed by atoms with E-state index in [0.29, 0.717) is 12.3 Å². The summed E-state index contributed by atoms with van der Waals surface area (Å²) in [5.41, 5.74) is 7.29. The number of hydrogen-bond acceptors (Lipinski definition) is 4. The smallest absolute Gasteiger partial charge is 0.150 e. The maximum Gasteiger partial charge on any atom is 0.150 e. The minimum atomic E-state index is -0.312. The lowest BCUT2D eigenvalue weighted by Gasteiger charge is -2.31. The Balaban J connectivity index is 1.82. The quantitative estimate of drug-likeness (QED) is 0.814. The molecule has 0 aromatic carbocycles. The Labute approximate surface area is 128 Å². The fourth-order valence-corrected chi connectivity index (χ4v) is 2.83. The molecule has 0 saturated carbocycles. The summed E-state index contributed by atoms with van der Waals surface area (Å²) < 4.78 is 5.37. The Morgan fingerprint density at radius 1 is 1.48 bits per heavy atom. The van der Waals surface area contributed by atoms with E-state index in [9.17, 15) is 4.79 Å². The Bertz CT molecular complexity index is 411. The van der Waals surface area contributed by atoms with Crippen molar-refractivity contribution < 1.29 is 9.53 Å². The van der Waals surface area contributed by atoms with E-state index < -0.39 is 0 Å². The van der Waals surface area contributed by atoms with E-state index in [-0.39, 0.29) is 17.7 Å². The number of morpholine rings is 1. The first-order valence-electron chi connectivity index (χ1n) is 8.11. The first-order valence-corrected chi connectivity index (χ1v) is 8.11. The van der Waals surface area contributed by atoms with Crippen molar-refractivity contribution in [2.75, 3.05) is 26.3 Å². The number of rotatable bonds is 6. The van der Waals surface area contributed by atoms with Crippen LogP contribution < -0.4 is 5.73 Å². The summed E-state index contributed by atoms with van der Waals surface area (Å²) in [5.74, 6) is 0.768. The van der Waals surface area contributed by atoms with Crippen LogP contribution in [0.5, 0.6) is 0 Å². The highest BCUT2D eigenvalue weighted by atomic mass is 16.5. The number of allylic oxidation sites excluding steroid dienone is 3. The van der Waals surface area contributed by atoms with Gasteiger partial charge in [0.15, 0.2) is 0 Å². The van der Waals surface area contributed by atoms with Crippen LogP contribution in [0.15, 0.2) is 23.9 Å². The number of carbonyl (C=O) groups is 1. The van der Waals surface area contributed by atoms with Gasteiger partial charge in [-0.15, -0.1) is 0 Å². The zero-order valence-electron chi connectivity index (χ0n) is 13.3. The molecule has 4 nitrogen and oxygen atoms in total. The van der Waals surface area contributed by atoms with Crippen LogP contribution in [0.25, 0.3) is 0 Å². The molecule has 3 unspecified atom stereocenters. The maximum absolute atomic E-state index is 12.2. The van der Waals surface area contributed by atoms with Gasteiger partial charge < -0.3 is 15.4 Å². The number of hydrogen-bond donors (Lipinski definition) is 1. The monoisotopic (exact) mass is 292 g/mol. The van der Waals surface area contributed by atoms with Gasteiger partial charge in [-0.2, -0.15) is 0 Å². The van der Waals surface area contributed by atoms with Crippen LogP contribution in [-0.2, 0) is 9.53 Å². The van der Waals surface area contributed by atoms with Crippen molar-refractivity contribution in [1.82, 2.24) is 4.90 Å². The molecule has 0 spiro atoms. The highest BCUT2D eigenvalue weighted by molar-refractivity contribution is 5.84. The highest BCUT2D eigenvalue weighted by Crippen LogP contribution is 2.23. The molecule has 1 heterocycles. The third-order valence-electron chi connectivity index (χ3n) is 4.64. The lowest BCUT2D eigenvalue weighted by atomic mass is 9.88. The molecule has 1 aliphatic carbocycles. The molecule has 0 aromatic heterocycles. The van der Waals surface area contributed by atoms with Crippen LogP contribution in [0, 0.1) is 11.8 Å². The van der Waals surface area contributed by atoms with Crippen LogP contribution >= 0.6 is 0 Å². The highest BCUT2D eigenvalue weighted by Gasteiger charge is 2.23. The second-order valence-electron chi connectivity index (χ2n) is 6.17. The minimum Gasteiger partial charge on any atom is -0.378 e. The van der Waals surface area contributed by atoms with Crippen LogP contribution in [0.2, 0.25) is 0 Å². The summed E-state index contributed by atoms with van der Waals surface area (Å²) in [6, 6.07) is -0.312. The Morgan fingerprint density at radius 2 is 2.19 bits per heavy atom. The standard InChI is InChI=1S/C17H28N2O2/c1-3-13(2)17(18)16(20)12-14-4-6-15(7-5-14)19-8-10-21-11-9-19/h4,6-7,13-14,17H,3,5,8-12,18H2,1-2H3. The van der Waals surface area contributed by atoms with E-state index in [1.54, 1.807) is 0 Å². The fourth-order valence-electron chi connectivity index (χ4n) is 2.83. The van der Waals surface area contributed by atoms with Crippen molar-refractivity contribution in [1.29, 1.82) is 0 Å². The summed E-state index contributed by atoms with van der Waals surface area (Å²) in [4.78, 5) is 14.5. The van der Waals surface area contributed by atoms with Crippen LogP contribution in [0.4, 0.5) is 0 Å². The molecule has 118 valence electrons. The lowest BCUT2D eigenvalue weighted by molar-refractivity contribution is -0.121. The van der Waals surface area contributed by atoms with Gasteiger partial charge in [-0.3, -0.25) is 4.79 Å². The van der Waals surface area contributed by atoms with Crippen molar-refractivity contribution in [2.24, 2.45) is 17.6 Å². The Kier molecular flexibility index (Phi) is 6.00. The second kappa shape index (κ2) is 7.76. The molecule has 1 aliphatic heterocycles. The van der Waals surface area contributed by atoms with E-state index in [1.807, 2.05) is 0 Å². The van der Waals surface area contributed by atoms with E-state index in [0.717, 1.165) is 39.1 Å². The number of ether oxygens (including phenoxy) is 1. The third-order valence-corrected chi connectivity index (χ3v) is 4.64. The topological polar surface area (TPSA) is 55.6 Å². The molecule has 1 saturated heterocycles. The van der Waals surface area contributed by atoms with Crippen molar-refractivity contribution in [3.63, 3.8) is 0 Å².